The predicted octanol–water partition coefficient (Wildman–Crippen LogP) is 3.30. The number of nitrogen functional groups attached to an aromatic ring is 1. The van der Waals surface area contributed by atoms with Crippen LogP contribution in [-0.4, -0.2) is 31.3 Å². The van der Waals surface area contributed by atoms with Crippen LogP contribution in [0, 0.1) is 5.82 Å². The number of pyridine rings is 1. The maximum absolute atomic E-state index is 14.6. The van der Waals surface area contributed by atoms with Crippen LogP contribution in [-0.2, 0) is 11.2 Å². The van der Waals surface area contributed by atoms with Crippen molar-refractivity contribution in [1.82, 2.24) is 4.98 Å². The fraction of sp³-hybridized carbons (Fsp3) is 0.227. The molecule has 2 aromatic carbocycles. The average molecular weight is 393 g/mol. The molecule has 7 heteroatoms. The van der Waals surface area contributed by atoms with Crippen molar-refractivity contribution in [1.29, 1.82) is 0 Å². The molecular formula is C22H20FN3O3. The minimum atomic E-state index is -0.344. The number of nitrogens with zero attached hydrogens (tertiary/aromatic N) is 1. The fourth-order valence-electron chi connectivity index (χ4n) is 3.91. The van der Waals surface area contributed by atoms with E-state index in [2.05, 4.69) is 9.88 Å². The first-order valence-corrected chi connectivity index (χ1v) is 9.53. The highest BCUT2D eigenvalue weighted by Crippen LogP contribution is 2.44. The number of nitrogens with one attached hydrogen (secondary N) is 1. The quantitative estimate of drug-likeness (QED) is 0.511. The molecule has 1 fully saturated rings. The van der Waals surface area contributed by atoms with Crippen LogP contribution in [0.5, 0.6) is 11.5 Å². The summed E-state index contributed by atoms with van der Waals surface area (Å²) in [5.74, 6) is 0.728. The Morgan fingerprint density at radius 2 is 1.90 bits per heavy atom. The Morgan fingerprint density at radius 3 is 2.72 bits per heavy atom. The van der Waals surface area contributed by atoms with Crippen molar-refractivity contribution in [2.24, 2.45) is 0 Å². The first kappa shape index (κ1) is 17.8. The highest BCUT2D eigenvalue weighted by atomic mass is 19.1. The van der Waals surface area contributed by atoms with Crippen molar-refractivity contribution >= 4 is 11.4 Å². The van der Waals surface area contributed by atoms with Crippen molar-refractivity contribution in [3.63, 3.8) is 0 Å². The van der Waals surface area contributed by atoms with Gasteiger partial charge in [0.25, 0.3) is 0 Å². The number of H-pyrrole nitrogens is 1. The van der Waals surface area contributed by atoms with Gasteiger partial charge in [-0.2, -0.15) is 0 Å². The summed E-state index contributed by atoms with van der Waals surface area (Å²) in [5, 5.41) is 0. The number of fused-ring (bicyclic) bond motifs is 2. The minimum absolute atomic E-state index is 0.217. The van der Waals surface area contributed by atoms with Gasteiger partial charge in [-0.1, -0.05) is 0 Å². The normalized spacial score (nSPS) is 15.4. The van der Waals surface area contributed by atoms with E-state index < -0.39 is 0 Å². The summed E-state index contributed by atoms with van der Waals surface area (Å²) >= 11 is 0. The summed E-state index contributed by atoms with van der Waals surface area (Å²) in [5.41, 5.74) is 9.60. The van der Waals surface area contributed by atoms with E-state index in [4.69, 9.17) is 15.2 Å². The van der Waals surface area contributed by atoms with Gasteiger partial charge in [-0.05, 0) is 36.4 Å². The van der Waals surface area contributed by atoms with Gasteiger partial charge in [0.2, 0.25) is 5.56 Å². The lowest BCUT2D eigenvalue weighted by molar-refractivity contribution is 0.122. The number of aromatic nitrogens is 1. The first-order chi connectivity index (χ1) is 14.1. The van der Waals surface area contributed by atoms with Crippen molar-refractivity contribution in [3.8, 4) is 22.8 Å². The van der Waals surface area contributed by atoms with Crippen LogP contribution < -0.4 is 20.9 Å². The van der Waals surface area contributed by atoms with Gasteiger partial charge in [-0.25, -0.2) is 4.39 Å². The summed E-state index contributed by atoms with van der Waals surface area (Å²) < 4.78 is 26.1. The standard InChI is InChI=1S/C22H20FN3O3/c23-18-3-2-16(22-17(18)10-13-9-14(24)1-4-20(13)29-22)19-11-15(12-21(27)25-19)26-5-7-28-8-6-26/h1-4,9,11-12H,5-8,10,24H2,(H,25,27). The molecule has 5 rings (SSSR count). The molecule has 148 valence electrons. The molecule has 0 atom stereocenters. The number of benzene rings is 2. The molecule has 0 radical (unpaired) electrons. The number of anilines is 2. The van der Waals surface area contributed by atoms with Gasteiger partial charge in [0.05, 0.1) is 18.9 Å². The van der Waals surface area contributed by atoms with Crippen LogP contribution in [0.25, 0.3) is 11.3 Å². The number of hydrogen-bond donors (Lipinski definition) is 2. The number of halogens is 1. The lowest BCUT2D eigenvalue weighted by Gasteiger charge is -2.29. The molecule has 0 bridgehead atoms. The second-order valence-electron chi connectivity index (χ2n) is 7.26. The molecule has 1 aromatic heterocycles. The maximum Gasteiger partial charge on any atom is 0.250 e. The zero-order valence-corrected chi connectivity index (χ0v) is 15.7. The molecule has 3 heterocycles. The lowest BCUT2D eigenvalue weighted by Crippen LogP contribution is -2.36. The third-order valence-electron chi connectivity index (χ3n) is 5.36. The second kappa shape index (κ2) is 6.93. The topological polar surface area (TPSA) is 80.6 Å². The van der Waals surface area contributed by atoms with Crippen molar-refractivity contribution in [2.75, 3.05) is 36.9 Å². The first-order valence-electron chi connectivity index (χ1n) is 9.53. The van der Waals surface area contributed by atoms with Crippen LogP contribution in [0.3, 0.4) is 0 Å². The Labute approximate surface area is 166 Å². The Morgan fingerprint density at radius 1 is 1.07 bits per heavy atom. The highest BCUT2D eigenvalue weighted by Gasteiger charge is 2.25. The van der Waals surface area contributed by atoms with E-state index in [1.54, 1.807) is 30.3 Å². The van der Waals surface area contributed by atoms with E-state index in [9.17, 15) is 9.18 Å². The van der Waals surface area contributed by atoms with Crippen LogP contribution in [0.15, 0.2) is 47.3 Å². The largest absolute Gasteiger partial charge is 0.456 e. The van der Waals surface area contributed by atoms with Crippen molar-refractivity contribution < 1.29 is 13.9 Å². The molecule has 0 aliphatic carbocycles. The van der Waals surface area contributed by atoms with E-state index in [0.717, 1.165) is 24.3 Å². The average Bonchev–Trinajstić information content (AvgIpc) is 2.73. The number of rotatable bonds is 2. The molecule has 3 aromatic rings. The number of ether oxygens (including phenoxy) is 2. The number of hydrogen-bond acceptors (Lipinski definition) is 5. The third-order valence-corrected chi connectivity index (χ3v) is 5.36. The number of nitrogens with two attached hydrogens (primary N) is 1. The molecule has 29 heavy (non-hydrogen) atoms. The Bertz CT molecular complexity index is 1150. The van der Waals surface area contributed by atoms with Crippen LogP contribution >= 0.6 is 0 Å². The third kappa shape index (κ3) is 3.23. The molecule has 0 amide bonds. The summed E-state index contributed by atoms with van der Waals surface area (Å²) in [6.07, 6.45) is 0.378. The molecule has 0 spiro atoms. The monoisotopic (exact) mass is 393 g/mol. The van der Waals surface area contributed by atoms with Gasteiger partial charge in [0, 0.05) is 53.6 Å². The molecular weight excluding hydrogens is 373 g/mol. The summed E-state index contributed by atoms with van der Waals surface area (Å²) in [4.78, 5) is 17.3. The summed E-state index contributed by atoms with van der Waals surface area (Å²) in [6.45, 7) is 2.68. The van der Waals surface area contributed by atoms with Crippen LogP contribution in [0.4, 0.5) is 15.8 Å². The van der Waals surface area contributed by atoms with Gasteiger partial charge in [-0.3, -0.25) is 4.79 Å². The van der Waals surface area contributed by atoms with Crippen LogP contribution in [0.2, 0.25) is 0 Å². The van der Waals surface area contributed by atoms with Gasteiger partial charge < -0.3 is 25.1 Å². The molecule has 0 unspecified atom stereocenters. The van der Waals surface area contributed by atoms with Gasteiger partial charge in [-0.15, -0.1) is 0 Å². The Kier molecular flexibility index (Phi) is 4.24. The SMILES string of the molecule is Nc1ccc2c(c1)Cc1c(F)ccc(-c3cc(N4CCOCC4)cc(=O)[nH]3)c1O2. The van der Waals surface area contributed by atoms with Crippen LogP contribution in [0.1, 0.15) is 11.1 Å². The Hall–Kier alpha value is -3.32. The van der Waals surface area contributed by atoms with Crippen molar-refractivity contribution in [3.05, 3.63) is 69.8 Å². The van der Waals surface area contributed by atoms with E-state index in [-0.39, 0.29) is 11.4 Å². The highest BCUT2D eigenvalue weighted by molar-refractivity contribution is 5.74. The van der Waals surface area contributed by atoms with E-state index in [1.165, 1.54) is 6.07 Å². The van der Waals surface area contributed by atoms with Gasteiger partial charge in [0.15, 0.2) is 0 Å². The van der Waals surface area contributed by atoms with Gasteiger partial charge >= 0.3 is 0 Å². The number of morpholine rings is 1. The number of aromatic amines is 1. The van der Waals surface area contributed by atoms with E-state index in [0.29, 0.717) is 53.6 Å². The van der Waals surface area contributed by atoms with Gasteiger partial charge in [0.1, 0.15) is 17.3 Å². The Balaban J connectivity index is 1.61. The fourth-order valence-corrected chi connectivity index (χ4v) is 3.91. The molecule has 2 aliphatic heterocycles. The molecule has 3 N–H and O–H groups in total. The maximum atomic E-state index is 14.6. The zero-order chi connectivity index (χ0) is 20.0. The molecule has 2 aliphatic rings. The molecule has 1 saturated heterocycles. The van der Waals surface area contributed by atoms with E-state index >= 15 is 0 Å². The predicted molar refractivity (Wildman–Crippen MR) is 109 cm³/mol. The minimum Gasteiger partial charge on any atom is -0.456 e. The second-order valence-corrected chi connectivity index (χ2v) is 7.26. The zero-order valence-electron chi connectivity index (χ0n) is 15.7. The van der Waals surface area contributed by atoms with E-state index in [1.807, 2.05) is 6.07 Å². The van der Waals surface area contributed by atoms with Crippen molar-refractivity contribution in [2.45, 2.75) is 6.42 Å². The smallest absolute Gasteiger partial charge is 0.250 e. The summed E-state index contributed by atoms with van der Waals surface area (Å²) in [6, 6.07) is 11.9. The summed E-state index contributed by atoms with van der Waals surface area (Å²) in [7, 11) is 0. The molecule has 0 saturated carbocycles. The molecule has 6 nitrogen and oxygen atoms in total. The lowest BCUT2D eigenvalue weighted by atomic mass is 9.95.